The van der Waals surface area contributed by atoms with Gasteiger partial charge in [0.25, 0.3) is 5.56 Å². The molecule has 2 heterocycles. The molecular formula is C16H15FN4OS. The molecule has 0 fully saturated rings. The van der Waals surface area contributed by atoms with E-state index >= 15 is 0 Å². The van der Waals surface area contributed by atoms with E-state index in [2.05, 4.69) is 15.1 Å². The Labute approximate surface area is 136 Å². The molecule has 0 bridgehead atoms. The predicted octanol–water partition coefficient (Wildman–Crippen LogP) is 2.53. The average Bonchev–Trinajstić information content (AvgIpc) is 2.94. The highest BCUT2D eigenvalue weighted by molar-refractivity contribution is 7.98. The molecule has 0 aliphatic heterocycles. The normalized spacial score (nSPS) is 10.9. The molecule has 0 unspecified atom stereocenters. The van der Waals surface area contributed by atoms with Crippen molar-refractivity contribution in [1.82, 2.24) is 19.7 Å². The predicted molar refractivity (Wildman–Crippen MR) is 86.8 cm³/mol. The zero-order chi connectivity index (χ0) is 16.2. The van der Waals surface area contributed by atoms with Crippen LogP contribution in [0, 0.1) is 5.82 Å². The standard InChI is InChI=1S/C16H15FN4OS/c1-21-9-12(7-19-21)6-13-8-18-16(20-15(13)22)23-10-11-2-4-14(17)5-3-11/h2-5,7-9H,6,10H2,1H3,(H,18,20,22). The second-order valence-corrected chi connectivity index (χ2v) is 6.12. The van der Waals surface area contributed by atoms with Gasteiger partial charge in [-0.05, 0) is 23.3 Å². The first-order chi connectivity index (χ1) is 11.1. The smallest absolute Gasteiger partial charge is 0.255 e. The Hall–Kier alpha value is -2.41. The van der Waals surface area contributed by atoms with Crippen molar-refractivity contribution in [2.24, 2.45) is 7.05 Å². The molecule has 2 aromatic heterocycles. The molecule has 0 amide bonds. The van der Waals surface area contributed by atoms with E-state index in [0.29, 0.717) is 22.9 Å². The number of hydrogen-bond acceptors (Lipinski definition) is 4. The molecule has 0 atom stereocenters. The van der Waals surface area contributed by atoms with Crippen LogP contribution in [-0.2, 0) is 19.2 Å². The number of halogens is 1. The van der Waals surface area contributed by atoms with Crippen LogP contribution in [0.25, 0.3) is 0 Å². The minimum absolute atomic E-state index is 0.148. The van der Waals surface area contributed by atoms with E-state index in [9.17, 15) is 9.18 Å². The lowest BCUT2D eigenvalue weighted by atomic mass is 10.1. The highest BCUT2D eigenvalue weighted by atomic mass is 32.2. The van der Waals surface area contributed by atoms with Gasteiger partial charge >= 0.3 is 0 Å². The first-order valence-electron chi connectivity index (χ1n) is 7.03. The Balaban J connectivity index is 1.66. The molecule has 1 aromatic carbocycles. The molecule has 0 aliphatic rings. The number of thioether (sulfide) groups is 1. The van der Waals surface area contributed by atoms with Gasteiger partial charge in [-0.15, -0.1) is 0 Å². The maximum absolute atomic E-state index is 12.9. The van der Waals surface area contributed by atoms with Crippen molar-refractivity contribution in [3.05, 3.63) is 75.7 Å². The Kier molecular flexibility index (Phi) is 4.57. The van der Waals surface area contributed by atoms with E-state index in [4.69, 9.17) is 0 Å². The second-order valence-electron chi connectivity index (χ2n) is 5.16. The van der Waals surface area contributed by atoms with Crippen molar-refractivity contribution in [2.75, 3.05) is 0 Å². The summed E-state index contributed by atoms with van der Waals surface area (Å²) in [6.07, 6.45) is 5.70. The molecule has 0 aliphatic carbocycles. The minimum Gasteiger partial charge on any atom is -0.301 e. The Morgan fingerprint density at radius 2 is 2.00 bits per heavy atom. The second kappa shape index (κ2) is 6.78. The van der Waals surface area contributed by atoms with Gasteiger partial charge in [-0.2, -0.15) is 5.10 Å². The van der Waals surface area contributed by atoms with E-state index in [-0.39, 0.29) is 11.4 Å². The van der Waals surface area contributed by atoms with E-state index in [1.807, 2.05) is 13.2 Å². The fraction of sp³-hybridized carbons (Fsp3) is 0.188. The number of nitrogens with one attached hydrogen (secondary N) is 1. The van der Waals surface area contributed by atoms with E-state index in [0.717, 1.165) is 11.1 Å². The summed E-state index contributed by atoms with van der Waals surface area (Å²) < 4.78 is 14.6. The molecular weight excluding hydrogens is 315 g/mol. The lowest BCUT2D eigenvalue weighted by Gasteiger charge is -2.03. The largest absolute Gasteiger partial charge is 0.301 e. The maximum Gasteiger partial charge on any atom is 0.255 e. The van der Waals surface area contributed by atoms with Crippen molar-refractivity contribution in [3.63, 3.8) is 0 Å². The highest BCUT2D eigenvalue weighted by Gasteiger charge is 2.06. The van der Waals surface area contributed by atoms with Gasteiger partial charge < -0.3 is 4.98 Å². The SMILES string of the molecule is Cn1cc(Cc2cnc(SCc3ccc(F)cc3)[nH]c2=O)cn1. The molecule has 7 heteroatoms. The third-order valence-electron chi connectivity index (χ3n) is 3.29. The fourth-order valence-electron chi connectivity index (χ4n) is 2.12. The monoisotopic (exact) mass is 330 g/mol. The van der Waals surface area contributed by atoms with Crippen LogP contribution in [0.3, 0.4) is 0 Å². The van der Waals surface area contributed by atoms with Crippen molar-refractivity contribution in [2.45, 2.75) is 17.3 Å². The molecule has 3 aromatic rings. The number of aromatic amines is 1. The minimum atomic E-state index is -0.259. The van der Waals surface area contributed by atoms with Crippen LogP contribution in [-0.4, -0.2) is 19.7 Å². The number of aryl methyl sites for hydroxylation is 1. The third kappa shape index (κ3) is 4.07. The summed E-state index contributed by atoms with van der Waals surface area (Å²) >= 11 is 1.41. The zero-order valence-electron chi connectivity index (χ0n) is 12.5. The van der Waals surface area contributed by atoms with Crippen molar-refractivity contribution in [3.8, 4) is 0 Å². The summed E-state index contributed by atoms with van der Waals surface area (Å²) in [6, 6.07) is 6.28. The zero-order valence-corrected chi connectivity index (χ0v) is 13.3. The van der Waals surface area contributed by atoms with Crippen LogP contribution in [0.15, 0.2) is 52.8 Å². The molecule has 0 spiro atoms. The highest BCUT2D eigenvalue weighted by Crippen LogP contribution is 2.18. The molecule has 118 valence electrons. The number of rotatable bonds is 5. The van der Waals surface area contributed by atoms with Crippen LogP contribution in [0.4, 0.5) is 4.39 Å². The van der Waals surface area contributed by atoms with E-state index in [1.165, 1.54) is 23.9 Å². The maximum atomic E-state index is 12.9. The third-order valence-corrected chi connectivity index (χ3v) is 4.25. The van der Waals surface area contributed by atoms with Gasteiger partial charge in [0, 0.05) is 37.2 Å². The molecule has 23 heavy (non-hydrogen) atoms. The number of aromatic nitrogens is 4. The van der Waals surface area contributed by atoms with Gasteiger partial charge in [0.1, 0.15) is 5.82 Å². The van der Waals surface area contributed by atoms with Crippen LogP contribution in [0.5, 0.6) is 0 Å². The van der Waals surface area contributed by atoms with Crippen LogP contribution in [0.2, 0.25) is 0 Å². The summed E-state index contributed by atoms with van der Waals surface area (Å²) in [5, 5.41) is 4.63. The van der Waals surface area contributed by atoms with Gasteiger partial charge in [-0.1, -0.05) is 23.9 Å². The first kappa shape index (κ1) is 15.5. The Morgan fingerprint density at radius 3 is 2.65 bits per heavy atom. The van der Waals surface area contributed by atoms with Crippen molar-refractivity contribution >= 4 is 11.8 Å². The lowest BCUT2D eigenvalue weighted by molar-refractivity contribution is 0.627. The summed E-state index contributed by atoms with van der Waals surface area (Å²) in [7, 11) is 1.83. The summed E-state index contributed by atoms with van der Waals surface area (Å²) in [4.78, 5) is 19.2. The Bertz CT molecular complexity index is 857. The van der Waals surface area contributed by atoms with Gasteiger partial charge in [-0.3, -0.25) is 9.48 Å². The average molecular weight is 330 g/mol. The number of benzene rings is 1. The number of hydrogen-bond donors (Lipinski definition) is 1. The van der Waals surface area contributed by atoms with Crippen LogP contribution < -0.4 is 5.56 Å². The van der Waals surface area contributed by atoms with E-state index < -0.39 is 0 Å². The summed E-state index contributed by atoms with van der Waals surface area (Å²) in [6.45, 7) is 0. The van der Waals surface area contributed by atoms with Crippen LogP contribution in [0.1, 0.15) is 16.7 Å². The molecule has 1 N–H and O–H groups in total. The van der Waals surface area contributed by atoms with E-state index in [1.54, 1.807) is 29.2 Å². The van der Waals surface area contributed by atoms with Crippen LogP contribution >= 0.6 is 11.8 Å². The molecule has 0 radical (unpaired) electrons. The van der Waals surface area contributed by atoms with Crippen molar-refractivity contribution in [1.29, 1.82) is 0 Å². The van der Waals surface area contributed by atoms with Gasteiger partial charge in [0.15, 0.2) is 5.16 Å². The fourth-order valence-corrected chi connectivity index (χ4v) is 2.91. The number of H-pyrrole nitrogens is 1. The first-order valence-corrected chi connectivity index (χ1v) is 8.01. The molecule has 0 saturated heterocycles. The van der Waals surface area contributed by atoms with Gasteiger partial charge in [0.2, 0.25) is 0 Å². The lowest BCUT2D eigenvalue weighted by Crippen LogP contribution is -2.14. The quantitative estimate of drug-likeness (QED) is 0.577. The summed E-state index contributed by atoms with van der Waals surface area (Å²) in [5.74, 6) is 0.357. The molecule has 0 saturated carbocycles. The Morgan fingerprint density at radius 1 is 1.22 bits per heavy atom. The molecule has 5 nitrogen and oxygen atoms in total. The topological polar surface area (TPSA) is 63.6 Å². The summed E-state index contributed by atoms with van der Waals surface area (Å²) in [5.41, 5.74) is 2.39. The number of nitrogens with zero attached hydrogens (tertiary/aromatic N) is 3. The van der Waals surface area contributed by atoms with Gasteiger partial charge in [0.05, 0.1) is 6.20 Å². The van der Waals surface area contributed by atoms with Gasteiger partial charge in [-0.25, -0.2) is 9.37 Å². The molecule has 3 rings (SSSR count). The van der Waals surface area contributed by atoms with Crippen molar-refractivity contribution < 1.29 is 4.39 Å².